The van der Waals surface area contributed by atoms with Crippen molar-refractivity contribution in [2.24, 2.45) is 5.92 Å². The van der Waals surface area contributed by atoms with Gasteiger partial charge in [-0.1, -0.05) is 68.4 Å². The van der Waals surface area contributed by atoms with E-state index in [0.717, 1.165) is 16.7 Å². The Kier molecular flexibility index (Phi) is 11.9. The van der Waals surface area contributed by atoms with E-state index in [1.165, 1.54) is 16.8 Å². The number of carboxylic acids is 1. The van der Waals surface area contributed by atoms with Crippen LogP contribution in [-0.4, -0.2) is 65.5 Å². The molecule has 0 bridgehead atoms. The number of anilines is 1. The summed E-state index contributed by atoms with van der Waals surface area (Å²) in [7, 11) is 3.17. The first kappa shape index (κ1) is 36.7. The average molecular weight is 700 g/mol. The van der Waals surface area contributed by atoms with Crippen LogP contribution in [0.3, 0.4) is 0 Å². The van der Waals surface area contributed by atoms with Crippen molar-refractivity contribution in [2.75, 3.05) is 26.1 Å². The second-order valence-corrected chi connectivity index (χ2v) is 12.2. The van der Waals surface area contributed by atoms with E-state index in [2.05, 4.69) is 10.3 Å². The highest BCUT2D eigenvalue weighted by Gasteiger charge is 2.44. The molecule has 4 aromatic rings. The standard InChI is InChI=1S/C38H41N3O10/c1-24(2)36(45)39-32-20-21-41(37(46)40-32)33-22-30(51-35(44)19-18-34(42)43)31(50-33)23-49-38(25-8-6-5-7-9-25,26-10-14-28(47-3)15-11-26)27-12-16-29(48-4)17-13-27/h5-17,20-21,24,30-31,33H,18-19,22-23H2,1-4H3,(H,42,43)(H,39,40,45,46)/t30-,31+,33+/m1/s1. The van der Waals surface area contributed by atoms with E-state index in [0.29, 0.717) is 11.5 Å². The van der Waals surface area contributed by atoms with Crippen LogP contribution in [0.25, 0.3) is 0 Å². The van der Waals surface area contributed by atoms with Gasteiger partial charge in [-0.3, -0.25) is 19.0 Å². The molecule has 1 fully saturated rings. The quantitative estimate of drug-likeness (QED) is 0.128. The van der Waals surface area contributed by atoms with Gasteiger partial charge in [0, 0.05) is 18.5 Å². The van der Waals surface area contributed by atoms with Gasteiger partial charge in [0.25, 0.3) is 0 Å². The summed E-state index contributed by atoms with van der Waals surface area (Å²) in [4.78, 5) is 53.3. The van der Waals surface area contributed by atoms with Gasteiger partial charge in [-0.2, -0.15) is 4.98 Å². The van der Waals surface area contributed by atoms with E-state index in [-0.39, 0.29) is 37.1 Å². The summed E-state index contributed by atoms with van der Waals surface area (Å²) in [6.45, 7) is 3.32. The smallest absolute Gasteiger partial charge is 0.351 e. The first-order valence-electron chi connectivity index (χ1n) is 16.5. The molecule has 268 valence electrons. The van der Waals surface area contributed by atoms with Crippen LogP contribution < -0.4 is 20.5 Å². The third kappa shape index (κ3) is 8.62. The molecule has 5 rings (SSSR count). The zero-order chi connectivity index (χ0) is 36.5. The minimum absolute atomic E-state index is 0.0511. The van der Waals surface area contributed by atoms with Crippen LogP contribution in [0.2, 0.25) is 0 Å². The number of nitrogens with zero attached hydrogens (tertiary/aromatic N) is 2. The number of carbonyl (C=O) groups is 3. The predicted molar refractivity (Wildman–Crippen MR) is 186 cm³/mol. The van der Waals surface area contributed by atoms with Crippen molar-refractivity contribution in [1.82, 2.24) is 9.55 Å². The molecule has 2 N–H and O–H groups in total. The van der Waals surface area contributed by atoms with Crippen LogP contribution in [0.15, 0.2) is 95.9 Å². The highest BCUT2D eigenvalue weighted by Crippen LogP contribution is 2.43. The third-order valence-corrected chi connectivity index (χ3v) is 8.56. The van der Waals surface area contributed by atoms with Crippen molar-refractivity contribution in [3.63, 3.8) is 0 Å². The highest BCUT2D eigenvalue weighted by atomic mass is 16.6. The minimum atomic E-state index is -1.21. The molecule has 13 nitrogen and oxygen atoms in total. The van der Waals surface area contributed by atoms with E-state index < -0.39 is 48.1 Å². The van der Waals surface area contributed by atoms with Gasteiger partial charge >= 0.3 is 17.6 Å². The number of nitrogens with one attached hydrogen (secondary N) is 1. The maximum Gasteiger partial charge on any atom is 0.351 e. The molecule has 0 unspecified atom stereocenters. The van der Waals surface area contributed by atoms with Crippen molar-refractivity contribution in [2.45, 2.75) is 57.1 Å². The number of rotatable bonds is 15. The van der Waals surface area contributed by atoms with Crippen LogP contribution in [-0.2, 0) is 34.2 Å². The van der Waals surface area contributed by atoms with Crippen molar-refractivity contribution in [1.29, 1.82) is 0 Å². The molecule has 0 aliphatic carbocycles. The van der Waals surface area contributed by atoms with Crippen LogP contribution in [0.1, 0.15) is 56.0 Å². The van der Waals surface area contributed by atoms with E-state index in [9.17, 15) is 19.2 Å². The van der Waals surface area contributed by atoms with E-state index in [1.54, 1.807) is 28.1 Å². The second kappa shape index (κ2) is 16.5. The average Bonchev–Trinajstić information content (AvgIpc) is 3.53. The summed E-state index contributed by atoms with van der Waals surface area (Å²) < 4.78 is 31.3. The van der Waals surface area contributed by atoms with Crippen molar-refractivity contribution in [3.8, 4) is 11.5 Å². The summed E-state index contributed by atoms with van der Waals surface area (Å²) in [5.41, 5.74) is 0.430. The van der Waals surface area contributed by atoms with Crippen LogP contribution in [0, 0.1) is 5.92 Å². The van der Waals surface area contributed by atoms with E-state index in [1.807, 2.05) is 78.9 Å². The van der Waals surface area contributed by atoms with Gasteiger partial charge in [0.1, 0.15) is 41.4 Å². The van der Waals surface area contributed by atoms with Gasteiger partial charge in [-0.05, 0) is 47.0 Å². The Morgan fingerprint density at radius 1 is 0.902 bits per heavy atom. The van der Waals surface area contributed by atoms with Gasteiger partial charge < -0.3 is 34.1 Å². The molecule has 3 atom stereocenters. The third-order valence-electron chi connectivity index (χ3n) is 8.56. The Bertz CT molecular complexity index is 1810. The first-order valence-corrected chi connectivity index (χ1v) is 16.5. The van der Waals surface area contributed by atoms with Gasteiger partial charge in [0.05, 0.1) is 33.7 Å². The molecule has 1 saturated heterocycles. The molecule has 1 aliphatic rings. The largest absolute Gasteiger partial charge is 0.497 e. The van der Waals surface area contributed by atoms with E-state index in [4.69, 9.17) is 28.8 Å². The maximum absolute atomic E-state index is 13.2. The van der Waals surface area contributed by atoms with Crippen LogP contribution >= 0.6 is 0 Å². The zero-order valence-corrected chi connectivity index (χ0v) is 28.8. The van der Waals surface area contributed by atoms with E-state index >= 15 is 0 Å². The molecule has 2 heterocycles. The SMILES string of the molecule is COc1ccc(C(OC[C@@H]2O[C@H](n3ccc(NC(=O)C(C)C)nc3=O)C[C@H]2OC(=O)CCC(=O)O)(c2ccccc2)c2ccc(OC)cc2)cc1. The fraction of sp³-hybridized carbons (Fsp3) is 0.342. The Hall–Kier alpha value is -5.53. The fourth-order valence-electron chi connectivity index (χ4n) is 5.84. The number of hydrogen-bond donors (Lipinski definition) is 2. The Morgan fingerprint density at radius 3 is 2.02 bits per heavy atom. The predicted octanol–water partition coefficient (Wildman–Crippen LogP) is 4.93. The Morgan fingerprint density at radius 2 is 1.49 bits per heavy atom. The lowest BCUT2D eigenvalue weighted by Crippen LogP contribution is -2.39. The number of benzene rings is 3. The lowest BCUT2D eigenvalue weighted by atomic mass is 9.80. The number of carbonyl (C=O) groups excluding carboxylic acids is 2. The lowest BCUT2D eigenvalue weighted by molar-refractivity contribution is -0.157. The fourth-order valence-corrected chi connectivity index (χ4v) is 5.84. The van der Waals surface area contributed by atoms with Crippen LogP contribution in [0.5, 0.6) is 11.5 Å². The highest BCUT2D eigenvalue weighted by molar-refractivity contribution is 5.91. The Labute approximate surface area is 295 Å². The molecular formula is C38H41N3O10. The monoisotopic (exact) mass is 699 g/mol. The summed E-state index contributed by atoms with van der Waals surface area (Å²) in [6.07, 6.45) is -1.98. The number of carboxylic acid groups (broad SMARTS) is 1. The van der Waals surface area contributed by atoms with Crippen molar-refractivity contribution >= 4 is 23.7 Å². The van der Waals surface area contributed by atoms with Gasteiger partial charge in [-0.15, -0.1) is 0 Å². The molecule has 1 aliphatic heterocycles. The molecular weight excluding hydrogens is 658 g/mol. The Balaban J connectivity index is 1.52. The van der Waals surface area contributed by atoms with Crippen LogP contribution in [0.4, 0.5) is 5.82 Å². The molecule has 1 amide bonds. The van der Waals surface area contributed by atoms with Crippen molar-refractivity contribution in [3.05, 3.63) is 118 Å². The minimum Gasteiger partial charge on any atom is -0.497 e. The van der Waals surface area contributed by atoms with Gasteiger partial charge in [-0.25, -0.2) is 4.79 Å². The zero-order valence-electron chi connectivity index (χ0n) is 28.8. The topological polar surface area (TPSA) is 165 Å². The number of hydrogen-bond acceptors (Lipinski definition) is 10. The molecule has 0 saturated carbocycles. The molecule has 0 radical (unpaired) electrons. The second-order valence-electron chi connectivity index (χ2n) is 12.2. The maximum atomic E-state index is 13.2. The molecule has 0 spiro atoms. The van der Waals surface area contributed by atoms with Crippen molar-refractivity contribution < 1.29 is 43.2 Å². The summed E-state index contributed by atoms with van der Waals surface area (Å²) in [5, 5.41) is 11.7. The molecule has 3 aromatic carbocycles. The summed E-state index contributed by atoms with van der Waals surface area (Å²) >= 11 is 0. The molecule has 13 heteroatoms. The number of methoxy groups -OCH3 is 2. The molecule has 51 heavy (non-hydrogen) atoms. The summed E-state index contributed by atoms with van der Waals surface area (Å²) in [5.74, 6) is -1.08. The lowest BCUT2D eigenvalue weighted by Gasteiger charge is -2.37. The van der Waals surface area contributed by atoms with Gasteiger partial charge in [0.15, 0.2) is 0 Å². The number of aliphatic carboxylic acids is 1. The number of esters is 1. The number of ether oxygens (including phenoxy) is 5. The normalized spacial score (nSPS) is 17.2. The first-order chi connectivity index (χ1) is 24.5. The summed E-state index contributed by atoms with van der Waals surface area (Å²) in [6, 6.07) is 26.0. The van der Waals surface area contributed by atoms with Gasteiger partial charge in [0.2, 0.25) is 5.91 Å². The number of amides is 1. The number of aromatic nitrogens is 2. The molecule has 1 aromatic heterocycles.